The fraction of sp³-hybridized carbons (Fsp3) is 0.444. The number of hydrogen-bond acceptors (Lipinski definition) is 3. The molecular weight excluding hydrogens is 528 g/mol. The van der Waals surface area contributed by atoms with Gasteiger partial charge in [-0.05, 0) is 68.9 Å². The van der Waals surface area contributed by atoms with Crippen molar-refractivity contribution >= 4 is 17.7 Å². The lowest BCUT2D eigenvalue weighted by molar-refractivity contribution is -0.143. The minimum Gasteiger partial charge on any atom is -0.352 e. The zero-order valence-electron chi connectivity index (χ0n) is 20.7. The third-order valence-electron chi connectivity index (χ3n) is 7.10. The average molecular weight is 556 g/mol. The molecule has 2 aromatic rings. The predicted octanol–water partition coefficient (Wildman–Crippen LogP) is 5.19. The van der Waals surface area contributed by atoms with Crippen LogP contribution in [0.25, 0.3) is 0 Å². The Labute approximate surface area is 220 Å². The maximum absolute atomic E-state index is 13.2. The largest absolute Gasteiger partial charge is 0.416 e. The van der Waals surface area contributed by atoms with Crippen LogP contribution in [0.4, 0.5) is 26.3 Å². The van der Waals surface area contributed by atoms with E-state index in [4.69, 9.17) is 0 Å². The molecule has 1 heterocycles. The highest BCUT2D eigenvalue weighted by Crippen LogP contribution is 2.37. The molecule has 4 rings (SSSR count). The van der Waals surface area contributed by atoms with Gasteiger partial charge in [-0.3, -0.25) is 14.4 Å². The van der Waals surface area contributed by atoms with Gasteiger partial charge in [0.2, 0.25) is 5.91 Å². The second kappa shape index (κ2) is 11.3. The molecule has 0 unspecified atom stereocenters. The minimum absolute atomic E-state index is 0.0345. The summed E-state index contributed by atoms with van der Waals surface area (Å²) in [7, 11) is 0. The highest BCUT2D eigenvalue weighted by atomic mass is 19.4. The summed E-state index contributed by atoms with van der Waals surface area (Å²) in [5.41, 5.74) is -3.40. The molecule has 0 bridgehead atoms. The standard InChI is InChI=1S/C27H27F6N3O3/c28-26(29,30)18-13-17(14-19(15-18)27(31,32)33)25(39)36-12-4-7-22(36)24(38)35-21-10-8-20(9-11-21)34-23(37)16-5-2-1-3-6-16/h1-3,5-6,13-15,20-22H,4,7-12H2,(H,34,37)(H,35,38)/t20?,21?,22-/m1/s1. The van der Waals surface area contributed by atoms with E-state index in [0.29, 0.717) is 49.8 Å². The molecular formula is C27H27F6N3O3. The van der Waals surface area contributed by atoms with Crippen LogP contribution in [0, 0.1) is 0 Å². The second-order valence-electron chi connectivity index (χ2n) is 9.85. The van der Waals surface area contributed by atoms with Crippen LogP contribution in [0.1, 0.15) is 70.4 Å². The highest BCUT2D eigenvalue weighted by Gasteiger charge is 2.40. The molecule has 2 fully saturated rings. The SMILES string of the molecule is O=C(NC1CCC(NC(=O)[C@H]2CCCN2C(=O)c2cc(C(F)(F)F)cc(C(F)(F)F)c2)CC1)c1ccccc1. The first-order valence-corrected chi connectivity index (χ1v) is 12.6. The van der Waals surface area contributed by atoms with Crippen molar-refractivity contribution in [3.05, 3.63) is 70.8 Å². The lowest BCUT2D eigenvalue weighted by Gasteiger charge is -2.32. The van der Waals surface area contributed by atoms with Gasteiger partial charge in [-0.15, -0.1) is 0 Å². The van der Waals surface area contributed by atoms with Crippen molar-refractivity contribution in [1.82, 2.24) is 15.5 Å². The van der Waals surface area contributed by atoms with Crippen LogP contribution in [0.5, 0.6) is 0 Å². The topological polar surface area (TPSA) is 78.5 Å². The van der Waals surface area contributed by atoms with E-state index in [1.54, 1.807) is 24.3 Å². The summed E-state index contributed by atoms with van der Waals surface area (Å²) in [6.45, 7) is 0.0345. The summed E-state index contributed by atoms with van der Waals surface area (Å²) in [4.78, 5) is 39.5. The number of benzene rings is 2. The van der Waals surface area contributed by atoms with Crippen molar-refractivity contribution in [3.63, 3.8) is 0 Å². The predicted molar refractivity (Wildman–Crippen MR) is 129 cm³/mol. The van der Waals surface area contributed by atoms with E-state index in [1.165, 1.54) is 0 Å². The van der Waals surface area contributed by atoms with Crippen molar-refractivity contribution < 1.29 is 40.7 Å². The van der Waals surface area contributed by atoms with Gasteiger partial charge in [0.25, 0.3) is 11.8 Å². The van der Waals surface area contributed by atoms with Crippen molar-refractivity contribution in [2.45, 2.75) is 69.0 Å². The summed E-state index contributed by atoms with van der Waals surface area (Å²) in [6.07, 6.45) is -7.20. The number of alkyl halides is 6. The molecule has 2 N–H and O–H groups in total. The monoisotopic (exact) mass is 555 g/mol. The Morgan fingerprint density at radius 3 is 1.79 bits per heavy atom. The van der Waals surface area contributed by atoms with Crippen LogP contribution in [0.15, 0.2) is 48.5 Å². The molecule has 1 saturated carbocycles. The van der Waals surface area contributed by atoms with E-state index in [9.17, 15) is 40.7 Å². The molecule has 12 heteroatoms. The zero-order valence-corrected chi connectivity index (χ0v) is 20.7. The quantitative estimate of drug-likeness (QED) is 0.499. The molecule has 0 spiro atoms. The molecule has 39 heavy (non-hydrogen) atoms. The molecule has 1 atom stereocenters. The first kappa shape index (κ1) is 28.4. The first-order chi connectivity index (χ1) is 18.3. The molecule has 1 aliphatic carbocycles. The Kier molecular flexibility index (Phi) is 8.22. The number of hydrogen-bond donors (Lipinski definition) is 2. The van der Waals surface area contributed by atoms with Crippen LogP contribution in [0.2, 0.25) is 0 Å². The second-order valence-corrected chi connectivity index (χ2v) is 9.85. The van der Waals surface area contributed by atoms with Crippen molar-refractivity contribution in [3.8, 4) is 0 Å². The fourth-order valence-corrected chi connectivity index (χ4v) is 5.06. The number of nitrogens with zero attached hydrogens (tertiary/aromatic N) is 1. The first-order valence-electron chi connectivity index (χ1n) is 12.6. The number of halogens is 6. The third kappa shape index (κ3) is 6.90. The Morgan fingerprint density at radius 1 is 0.718 bits per heavy atom. The van der Waals surface area contributed by atoms with Gasteiger partial charge in [-0.25, -0.2) is 0 Å². The van der Waals surface area contributed by atoms with Gasteiger partial charge in [-0.1, -0.05) is 18.2 Å². The number of nitrogens with one attached hydrogen (secondary N) is 2. The molecule has 0 radical (unpaired) electrons. The maximum Gasteiger partial charge on any atom is 0.416 e. The summed E-state index contributed by atoms with van der Waals surface area (Å²) >= 11 is 0. The fourth-order valence-electron chi connectivity index (χ4n) is 5.06. The van der Waals surface area contributed by atoms with Crippen molar-refractivity contribution in [2.24, 2.45) is 0 Å². The molecule has 1 saturated heterocycles. The Bertz CT molecular complexity index is 1180. The minimum atomic E-state index is -5.09. The summed E-state index contributed by atoms with van der Waals surface area (Å²) in [5.74, 6) is -1.75. The van der Waals surface area contributed by atoms with E-state index >= 15 is 0 Å². The molecule has 1 aliphatic heterocycles. The lowest BCUT2D eigenvalue weighted by atomic mass is 9.90. The van der Waals surface area contributed by atoms with Gasteiger partial charge < -0.3 is 15.5 Å². The van der Waals surface area contributed by atoms with E-state index in [2.05, 4.69) is 10.6 Å². The summed E-state index contributed by atoms with van der Waals surface area (Å²) in [5, 5.41) is 5.84. The summed E-state index contributed by atoms with van der Waals surface area (Å²) < 4.78 is 79.5. The zero-order chi connectivity index (χ0) is 28.4. The number of carbonyl (C=O) groups is 3. The van der Waals surface area contributed by atoms with Crippen LogP contribution >= 0.6 is 0 Å². The highest BCUT2D eigenvalue weighted by molar-refractivity contribution is 5.98. The van der Waals surface area contributed by atoms with E-state index in [-0.39, 0.29) is 37.0 Å². The molecule has 210 valence electrons. The third-order valence-corrected chi connectivity index (χ3v) is 7.10. The molecule has 2 aromatic carbocycles. The van der Waals surface area contributed by atoms with Crippen LogP contribution in [-0.4, -0.2) is 47.3 Å². The van der Waals surface area contributed by atoms with Crippen LogP contribution in [0.3, 0.4) is 0 Å². The van der Waals surface area contributed by atoms with E-state index < -0.39 is 46.9 Å². The van der Waals surface area contributed by atoms with Gasteiger partial charge in [-0.2, -0.15) is 26.3 Å². The van der Waals surface area contributed by atoms with E-state index in [1.807, 2.05) is 6.07 Å². The molecule has 2 aliphatic rings. The number of rotatable bonds is 5. The smallest absolute Gasteiger partial charge is 0.352 e. The summed E-state index contributed by atoms with van der Waals surface area (Å²) in [6, 6.07) is 8.18. The maximum atomic E-state index is 13.2. The van der Waals surface area contributed by atoms with Crippen LogP contribution in [-0.2, 0) is 17.1 Å². The lowest BCUT2D eigenvalue weighted by Crippen LogP contribution is -2.50. The Morgan fingerprint density at radius 2 is 1.26 bits per heavy atom. The number of likely N-dealkylation sites (tertiary alicyclic amines) is 1. The molecule has 3 amide bonds. The number of amides is 3. The van der Waals surface area contributed by atoms with Crippen LogP contribution < -0.4 is 10.6 Å². The van der Waals surface area contributed by atoms with Crippen molar-refractivity contribution in [2.75, 3.05) is 6.54 Å². The molecule has 0 aromatic heterocycles. The van der Waals surface area contributed by atoms with Gasteiger partial charge in [0.15, 0.2) is 0 Å². The Hall–Kier alpha value is -3.57. The van der Waals surface area contributed by atoms with Gasteiger partial charge in [0.1, 0.15) is 6.04 Å². The normalized spacial score (nSPS) is 21.9. The average Bonchev–Trinajstić information content (AvgIpc) is 3.39. The number of carbonyl (C=O) groups excluding carboxylic acids is 3. The van der Waals surface area contributed by atoms with Gasteiger partial charge in [0, 0.05) is 29.8 Å². The van der Waals surface area contributed by atoms with Gasteiger partial charge in [0.05, 0.1) is 11.1 Å². The van der Waals surface area contributed by atoms with Crippen molar-refractivity contribution in [1.29, 1.82) is 0 Å². The van der Waals surface area contributed by atoms with E-state index in [0.717, 1.165) is 4.90 Å². The Balaban J connectivity index is 1.38. The molecule has 6 nitrogen and oxygen atoms in total. The van der Waals surface area contributed by atoms with Gasteiger partial charge >= 0.3 is 12.4 Å².